The van der Waals surface area contributed by atoms with E-state index in [1.807, 2.05) is 53.3 Å². The summed E-state index contributed by atoms with van der Waals surface area (Å²) in [5.41, 5.74) is 1.42. The van der Waals surface area contributed by atoms with Crippen LogP contribution in [0.15, 0.2) is 48.7 Å². The lowest BCUT2D eigenvalue weighted by Crippen LogP contribution is -2.34. The number of rotatable bonds is 7. The number of carbonyl (C=O) groups excluding carboxylic acids is 1. The molecule has 3 rings (SSSR count). The molecule has 1 aromatic carbocycles. The lowest BCUT2D eigenvalue weighted by molar-refractivity contribution is 0.247. The maximum Gasteiger partial charge on any atom is 0.319 e. The number of urea groups is 1. The number of pyridine rings is 1. The Bertz CT molecular complexity index is 883. The predicted octanol–water partition coefficient (Wildman–Crippen LogP) is 3.35. The van der Waals surface area contributed by atoms with Crippen LogP contribution in [0.3, 0.4) is 0 Å². The molecule has 0 spiro atoms. The van der Waals surface area contributed by atoms with Crippen molar-refractivity contribution in [3.05, 3.63) is 54.5 Å². The Morgan fingerprint density at radius 3 is 2.96 bits per heavy atom. The van der Waals surface area contributed by atoms with E-state index in [9.17, 15) is 4.79 Å². The molecule has 0 saturated heterocycles. The van der Waals surface area contributed by atoms with Gasteiger partial charge in [-0.2, -0.15) is 11.8 Å². The van der Waals surface area contributed by atoms with E-state index >= 15 is 0 Å². The van der Waals surface area contributed by atoms with Gasteiger partial charge in [0, 0.05) is 18.0 Å². The van der Waals surface area contributed by atoms with Gasteiger partial charge in [-0.25, -0.2) is 4.79 Å². The van der Waals surface area contributed by atoms with E-state index in [1.165, 1.54) is 0 Å². The zero-order chi connectivity index (χ0) is 18.4. The maximum absolute atomic E-state index is 12.5. The number of carbonyl (C=O) groups is 1. The van der Waals surface area contributed by atoms with E-state index in [1.54, 1.807) is 24.9 Å². The van der Waals surface area contributed by atoms with E-state index in [4.69, 9.17) is 4.74 Å². The minimum atomic E-state index is -0.294. The number of aromatic nitrogens is 3. The van der Waals surface area contributed by atoms with Crippen molar-refractivity contribution >= 4 is 29.1 Å². The Morgan fingerprint density at radius 1 is 1.27 bits per heavy atom. The van der Waals surface area contributed by atoms with Crippen LogP contribution in [0, 0.1) is 0 Å². The standard InChI is InChI=1S/C18H21N5O2S/c1-25-14-7-5-6-13(12-14)19-18(24)20-15(9-11-26-2)17-22-21-16-8-3-4-10-23(16)17/h3-8,10,12,15H,9,11H2,1-2H3,(H2,19,20,24). The number of amides is 2. The molecule has 2 heterocycles. The lowest BCUT2D eigenvalue weighted by Gasteiger charge is -2.17. The van der Waals surface area contributed by atoms with Crippen molar-refractivity contribution in [1.82, 2.24) is 19.9 Å². The fourth-order valence-electron chi connectivity index (χ4n) is 2.63. The van der Waals surface area contributed by atoms with E-state index in [0.29, 0.717) is 11.4 Å². The average molecular weight is 371 g/mol. The first kappa shape index (κ1) is 18.1. The van der Waals surface area contributed by atoms with Gasteiger partial charge in [0.25, 0.3) is 0 Å². The average Bonchev–Trinajstić information content (AvgIpc) is 3.09. The second-order valence-electron chi connectivity index (χ2n) is 5.65. The molecule has 0 radical (unpaired) electrons. The van der Waals surface area contributed by atoms with Crippen molar-refractivity contribution in [2.45, 2.75) is 12.5 Å². The highest BCUT2D eigenvalue weighted by atomic mass is 32.2. The van der Waals surface area contributed by atoms with Gasteiger partial charge in [-0.3, -0.25) is 4.40 Å². The minimum Gasteiger partial charge on any atom is -0.497 e. The molecule has 2 N–H and O–H groups in total. The molecule has 0 bridgehead atoms. The Kier molecular flexibility index (Phi) is 5.96. The third-order valence-corrected chi connectivity index (χ3v) is 4.54. The number of anilines is 1. The van der Waals surface area contributed by atoms with Crippen molar-refractivity contribution in [2.24, 2.45) is 0 Å². The summed E-state index contributed by atoms with van der Waals surface area (Å²) in [6.07, 6.45) is 4.69. The maximum atomic E-state index is 12.5. The molecule has 3 aromatic rings. The Balaban J connectivity index is 1.76. The molecule has 2 amide bonds. The molecule has 26 heavy (non-hydrogen) atoms. The smallest absolute Gasteiger partial charge is 0.319 e. The topological polar surface area (TPSA) is 80.5 Å². The highest BCUT2D eigenvalue weighted by molar-refractivity contribution is 7.98. The summed E-state index contributed by atoms with van der Waals surface area (Å²) in [5, 5.41) is 14.3. The molecule has 0 saturated carbocycles. The molecular formula is C18H21N5O2S. The second-order valence-corrected chi connectivity index (χ2v) is 6.64. The molecule has 0 aliphatic heterocycles. The van der Waals surface area contributed by atoms with Gasteiger partial charge in [-0.1, -0.05) is 12.1 Å². The van der Waals surface area contributed by atoms with Crippen LogP contribution in [-0.4, -0.2) is 39.7 Å². The monoisotopic (exact) mass is 371 g/mol. The molecule has 8 heteroatoms. The molecule has 1 unspecified atom stereocenters. The van der Waals surface area contributed by atoms with Gasteiger partial charge < -0.3 is 15.4 Å². The Morgan fingerprint density at radius 2 is 2.15 bits per heavy atom. The van der Waals surface area contributed by atoms with E-state index in [-0.39, 0.29) is 12.1 Å². The summed E-state index contributed by atoms with van der Waals surface area (Å²) in [6, 6.07) is 12.4. The summed E-state index contributed by atoms with van der Waals surface area (Å²) in [6.45, 7) is 0. The Hall–Kier alpha value is -2.74. The quantitative estimate of drug-likeness (QED) is 0.666. The molecular weight excluding hydrogens is 350 g/mol. The number of ether oxygens (including phenoxy) is 1. The summed E-state index contributed by atoms with van der Waals surface area (Å²) in [4.78, 5) is 12.5. The van der Waals surface area contributed by atoms with Crippen LogP contribution in [0.25, 0.3) is 5.65 Å². The van der Waals surface area contributed by atoms with Gasteiger partial charge in [0.1, 0.15) is 5.75 Å². The normalized spacial score (nSPS) is 11.9. The largest absolute Gasteiger partial charge is 0.497 e. The van der Waals surface area contributed by atoms with Crippen LogP contribution >= 0.6 is 11.8 Å². The fraction of sp³-hybridized carbons (Fsp3) is 0.278. The summed E-state index contributed by atoms with van der Waals surface area (Å²) in [5.74, 6) is 2.30. The van der Waals surface area contributed by atoms with E-state index in [2.05, 4.69) is 20.8 Å². The number of methoxy groups -OCH3 is 1. The van der Waals surface area contributed by atoms with Crippen LogP contribution in [0.5, 0.6) is 5.75 Å². The minimum absolute atomic E-state index is 0.245. The summed E-state index contributed by atoms with van der Waals surface area (Å²) >= 11 is 1.72. The number of hydrogen-bond acceptors (Lipinski definition) is 5. The van der Waals surface area contributed by atoms with Crippen molar-refractivity contribution in [2.75, 3.05) is 24.4 Å². The number of nitrogens with one attached hydrogen (secondary N) is 2. The number of nitrogens with zero attached hydrogens (tertiary/aromatic N) is 3. The SMILES string of the molecule is COc1cccc(NC(=O)NC(CCSC)c2nnc3ccccn23)c1. The van der Waals surface area contributed by atoms with E-state index in [0.717, 1.165) is 23.6 Å². The van der Waals surface area contributed by atoms with Gasteiger partial charge in [-0.05, 0) is 42.7 Å². The van der Waals surface area contributed by atoms with Crippen molar-refractivity contribution in [1.29, 1.82) is 0 Å². The zero-order valence-corrected chi connectivity index (χ0v) is 15.5. The number of fused-ring (bicyclic) bond motifs is 1. The van der Waals surface area contributed by atoms with Gasteiger partial charge in [-0.15, -0.1) is 10.2 Å². The molecule has 0 aliphatic carbocycles. The molecule has 7 nitrogen and oxygen atoms in total. The predicted molar refractivity (Wildman–Crippen MR) is 104 cm³/mol. The van der Waals surface area contributed by atoms with Crippen LogP contribution in [-0.2, 0) is 0 Å². The third kappa shape index (κ3) is 4.26. The summed E-state index contributed by atoms with van der Waals surface area (Å²) in [7, 11) is 1.59. The lowest BCUT2D eigenvalue weighted by atomic mass is 10.2. The van der Waals surface area contributed by atoms with Crippen LogP contribution in [0.2, 0.25) is 0 Å². The first-order valence-electron chi connectivity index (χ1n) is 8.21. The first-order chi connectivity index (χ1) is 12.7. The van der Waals surface area contributed by atoms with Crippen molar-refractivity contribution < 1.29 is 9.53 Å². The molecule has 2 aromatic heterocycles. The second kappa shape index (κ2) is 8.57. The Labute approximate surface area is 156 Å². The van der Waals surface area contributed by atoms with Gasteiger partial charge in [0.2, 0.25) is 0 Å². The van der Waals surface area contributed by atoms with Gasteiger partial charge in [0.05, 0.1) is 13.2 Å². The molecule has 0 aliphatic rings. The number of thioether (sulfide) groups is 1. The third-order valence-electron chi connectivity index (χ3n) is 3.90. The first-order valence-corrected chi connectivity index (χ1v) is 9.61. The number of hydrogen-bond donors (Lipinski definition) is 2. The van der Waals surface area contributed by atoms with Gasteiger partial charge in [0.15, 0.2) is 11.5 Å². The summed E-state index contributed by atoms with van der Waals surface area (Å²) < 4.78 is 7.08. The van der Waals surface area contributed by atoms with Crippen molar-refractivity contribution in [3.8, 4) is 5.75 Å². The van der Waals surface area contributed by atoms with Crippen molar-refractivity contribution in [3.63, 3.8) is 0 Å². The van der Waals surface area contributed by atoms with Gasteiger partial charge >= 0.3 is 6.03 Å². The number of benzene rings is 1. The highest BCUT2D eigenvalue weighted by Crippen LogP contribution is 2.20. The molecule has 0 fully saturated rings. The molecule has 136 valence electrons. The van der Waals surface area contributed by atoms with Crippen LogP contribution < -0.4 is 15.4 Å². The van der Waals surface area contributed by atoms with Crippen LogP contribution in [0.4, 0.5) is 10.5 Å². The fourth-order valence-corrected chi connectivity index (χ4v) is 3.10. The molecule has 1 atom stereocenters. The van der Waals surface area contributed by atoms with E-state index < -0.39 is 0 Å². The van der Waals surface area contributed by atoms with Crippen LogP contribution in [0.1, 0.15) is 18.3 Å². The zero-order valence-electron chi connectivity index (χ0n) is 14.7. The highest BCUT2D eigenvalue weighted by Gasteiger charge is 2.20.